The van der Waals surface area contributed by atoms with Gasteiger partial charge in [0, 0.05) is 17.3 Å². The Balaban J connectivity index is 1.87. The lowest BCUT2D eigenvalue weighted by Crippen LogP contribution is -2.52. The molecule has 1 aliphatic heterocycles. The van der Waals surface area contributed by atoms with Gasteiger partial charge < -0.3 is 15.2 Å². The van der Waals surface area contributed by atoms with Crippen LogP contribution in [0.3, 0.4) is 0 Å². The number of ether oxygens (including phenoxy) is 1. The van der Waals surface area contributed by atoms with Crippen LogP contribution in [0.2, 0.25) is 0 Å². The lowest BCUT2D eigenvalue weighted by Gasteiger charge is -2.25. The summed E-state index contributed by atoms with van der Waals surface area (Å²) >= 11 is 1.27. The van der Waals surface area contributed by atoms with E-state index in [1.165, 1.54) is 29.5 Å². The maximum atomic E-state index is 12.7. The number of aliphatic hydroxyl groups is 1. The topological polar surface area (TPSA) is 75.6 Å². The van der Waals surface area contributed by atoms with Crippen LogP contribution in [-0.2, 0) is 11.4 Å². The molecule has 9 heteroatoms. The van der Waals surface area contributed by atoms with Gasteiger partial charge in [-0.1, -0.05) is 0 Å². The molecule has 0 radical (unpaired) electrons. The Kier molecular flexibility index (Phi) is 4.08. The number of thiophene rings is 1. The number of benzene rings is 1. The first-order valence-electron chi connectivity index (χ1n) is 7.10. The summed E-state index contributed by atoms with van der Waals surface area (Å²) in [5.41, 5.74) is -2.59. The molecule has 0 aliphatic carbocycles. The molecule has 2 N–H and O–H groups in total. The number of anilines is 1. The minimum atomic E-state index is -5.12. The molecule has 5 nitrogen and oxygen atoms in total. The van der Waals surface area contributed by atoms with E-state index in [-0.39, 0.29) is 29.4 Å². The molecule has 1 aromatic carbocycles. The average Bonchev–Trinajstić information content (AvgIpc) is 2.95. The molecule has 1 aromatic heterocycles. The number of hydrogen-bond acceptors (Lipinski definition) is 5. The molecule has 1 aliphatic rings. The van der Waals surface area contributed by atoms with E-state index in [2.05, 4.69) is 0 Å². The lowest BCUT2D eigenvalue weighted by molar-refractivity contribution is -0.242. The van der Waals surface area contributed by atoms with Crippen LogP contribution in [0.5, 0.6) is 5.75 Å². The van der Waals surface area contributed by atoms with Crippen molar-refractivity contribution >= 4 is 28.7 Å². The number of alkyl halides is 3. The first-order chi connectivity index (χ1) is 11.6. The van der Waals surface area contributed by atoms with Gasteiger partial charge in [-0.3, -0.25) is 9.59 Å². The van der Waals surface area contributed by atoms with Crippen LogP contribution in [0.1, 0.15) is 27.7 Å². The standard InChI is InChI=1S/C16H12F3NO4S/c1-15(23,16(17,18)19)14(22)20-9-2-3-10-11(6-9)24-7-8-4-5-25-13(8)12(10)21/h2-6,23H,7H2,1H3,(H,20,22). The molecule has 0 spiro atoms. The fraction of sp³-hybridized carbons (Fsp3) is 0.250. The summed E-state index contributed by atoms with van der Waals surface area (Å²) in [4.78, 5) is 24.7. The molecule has 132 valence electrons. The third-order valence-electron chi connectivity index (χ3n) is 3.81. The quantitative estimate of drug-likeness (QED) is 0.851. The van der Waals surface area contributed by atoms with Gasteiger partial charge in [0.25, 0.3) is 5.91 Å². The molecule has 2 aromatic rings. The Bertz CT molecular complexity index is 857. The van der Waals surface area contributed by atoms with Gasteiger partial charge in [0.05, 0.1) is 10.4 Å². The smallest absolute Gasteiger partial charge is 0.426 e. The van der Waals surface area contributed by atoms with E-state index in [9.17, 15) is 27.9 Å². The number of carbonyl (C=O) groups excluding carboxylic acids is 2. The van der Waals surface area contributed by atoms with Crippen molar-refractivity contribution in [1.29, 1.82) is 0 Å². The zero-order valence-corrected chi connectivity index (χ0v) is 13.6. The largest absolute Gasteiger partial charge is 0.488 e. The van der Waals surface area contributed by atoms with E-state index in [0.717, 1.165) is 5.56 Å². The van der Waals surface area contributed by atoms with Crippen molar-refractivity contribution in [1.82, 2.24) is 0 Å². The summed E-state index contributed by atoms with van der Waals surface area (Å²) in [5.74, 6) is -1.73. The van der Waals surface area contributed by atoms with Gasteiger partial charge in [-0.05, 0) is 30.5 Å². The molecule has 25 heavy (non-hydrogen) atoms. The highest BCUT2D eigenvalue weighted by Gasteiger charge is 2.55. The summed E-state index contributed by atoms with van der Waals surface area (Å²) in [7, 11) is 0. The summed E-state index contributed by atoms with van der Waals surface area (Å²) in [6.07, 6.45) is -5.12. The second kappa shape index (κ2) is 5.85. The number of halogens is 3. The SMILES string of the molecule is CC(O)(C(=O)Nc1ccc2c(c1)OCc1ccsc1C2=O)C(F)(F)F. The molecule has 1 amide bonds. The number of nitrogens with one attached hydrogen (secondary N) is 1. The molecule has 1 unspecified atom stereocenters. The van der Waals surface area contributed by atoms with Crippen LogP contribution in [0, 0.1) is 0 Å². The van der Waals surface area contributed by atoms with Gasteiger partial charge in [-0.2, -0.15) is 13.2 Å². The van der Waals surface area contributed by atoms with Crippen LogP contribution in [0.4, 0.5) is 18.9 Å². The predicted molar refractivity (Wildman–Crippen MR) is 83.8 cm³/mol. The Morgan fingerprint density at radius 1 is 1.32 bits per heavy atom. The van der Waals surface area contributed by atoms with Crippen molar-refractivity contribution in [3.8, 4) is 5.75 Å². The van der Waals surface area contributed by atoms with Crippen LogP contribution < -0.4 is 10.1 Å². The number of ketones is 1. The summed E-state index contributed by atoms with van der Waals surface area (Å²) in [6, 6.07) is 5.66. The molecular weight excluding hydrogens is 359 g/mol. The monoisotopic (exact) mass is 371 g/mol. The van der Waals surface area contributed by atoms with Crippen molar-refractivity contribution in [2.24, 2.45) is 0 Å². The predicted octanol–water partition coefficient (Wildman–Crippen LogP) is 3.12. The van der Waals surface area contributed by atoms with Crippen molar-refractivity contribution in [2.45, 2.75) is 25.3 Å². The molecule has 2 heterocycles. The minimum Gasteiger partial charge on any atom is -0.488 e. The first-order valence-corrected chi connectivity index (χ1v) is 7.97. The van der Waals surface area contributed by atoms with Gasteiger partial charge in [-0.25, -0.2) is 0 Å². The van der Waals surface area contributed by atoms with Crippen molar-refractivity contribution in [3.05, 3.63) is 45.6 Å². The molecule has 0 bridgehead atoms. The average molecular weight is 371 g/mol. The lowest BCUT2D eigenvalue weighted by atomic mass is 10.0. The zero-order chi connectivity index (χ0) is 18.4. The normalized spacial score (nSPS) is 16.1. The van der Waals surface area contributed by atoms with Gasteiger partial charge in [0.2, 0.25) is 11.4 Å². The molecule has 0 fully saturated rings. The van der Waals surface area contributed by atoms with Gasteiger partial charge >= 0.3 is 6.18 Å². The first kappa shape index (κ1) is 17.4. The number of hydrogen-bond donors (Lipinski definition) is 2. The van der Waals surface area contributed by atoms with E-state index in [0.29, 0.717) is 11.8 Å². The summed E-state index contributed by atoms with van der Waals surface area (Å²) in [5, 5.41) is 13.1. The van der Waals surface area contributed by atoms with Crippen LogP contribution >= 0.6 is 11.3 Å². The van der Waals surface area contributed by atoms with E-state index in [1.54, 1.807) is 11.4 Å². The number of fused-ring (bicyclic) bond motifs is 2. The summed E-state index contributed by atoms with van der Waals surface area (Å²) in [6.45, 7) is 0.499. The number of carbonyl (C=O) groups is 2. The summed E-state index contributed by atoms with van der Waals surface area (Å²) < 4.78 is 43.6. The molecular formula is C16H12F3NO4S. The van der Waals surface area contributed by atoms with E-state index in [4.69, 9.17) is 4.74 Å². The molecule has 3 rings (SSSR count). The fourth-order valence-electron chi connectivity index (χ4n) is 2.22. The van der Waals surface area contributed by atoms with Crippen molar-refractivity contribution in [2.75, 3.05) is 5.32 Å². The third kappa shape index (κ3) is 3.00. The molecule has 1 atom stereocenters. The highest BCUT2D eigenvalue weighted by molar-refractivity contribution is 7.12. The van der Waals surface area contributed by atoms with Crippen molar-refractivity contribution < 1.29 is 32.6 Å². The third-order valence-corrected chi connectivity index (χ3v) is 4.77. The molecule has 0 saturated heterocycles. The Morgan fingerprint density at radius 2 is 2.04 bits per heavy atom. The highest BCUT2D eigenvalue weighted by atomic mass is 32.1. The van der Waals surface area contributed by atoms with E-state index in [1.807, 2.05) is 5.32 Å². The van der Waals surface area contributed by atoms with Crippen LogP contribution in [0.15, 0.2) is 29.6 Å². The maximum absolute atomic E-state index is 12.7. The second-order valence-corrected chi connectivity index (χ2v) is 6.54. The minimum absolute atomic E-state index is 0.0219. The van der Waals surface area contributed by atoms with Crippen LogP contribution in [-0.4, -0.2) is 28.6 Å². The Morgan fingerprint density at radius 3 is 2.72 bits per heavy atom. The van der Waals surface area contributed by atoms with E-state index < -0.39 is 17.7 Å². The highest BCUT2D eigenvalue weighted by Crippen LogP contribution is 2.34. The Hall–Kier alpha value is -2.39. The number of rotatable bonds is 2. The zero-order valence-electron chi connectivity index (χ0n) is 12.8. The van der Waals surface area contributed by atoms with Crippen molar-refractivity contribution in [3.63, 3.8) is 0 Å². The number of amides is 1. The van der Waals surface area contributed by atoms with E-state index >= 15 is 0 Å². The maximum Gasteiger partial charge on any atom is 0.426 e. The molecule has 0 saturated carbocycles. The second-order valence-electron chi connectivity index (χ2n) is 5.63. The van der Waals surface area contributed by atoms with Crippen LogP contribution in [0.25, 0.3) is 0 Å². The fourth-order valence-corrected chi connectivity index (χ4v) is 3.08. The van der Waals surface area contributed by atoms with Gasteiger partial charge in [0.1, 0.15) is 12.4 Å². The van der Waals surface area contributed by atoms with Gasteiger partial charge in [0.15, 0.2) is 0 Å². The van der Waals surface area contributed by atoms with Gasteiger partial charge in [-0.15, -0.1) is 11.3 Å². The Labute approximate surface area is 144 Å².